The average Bonchev–Trinajstić information content (AvgIpc) is 3.22. The van der Waals surface area contributed by atoms with E-state index < -0.39 is 0 Å². The number of aliphatic imine (C=N–C) groups is 1. The van der Waals surface area contributed by atoms with E-state index in [4.69, 9.17) is 4.52 Å². The van der Waals surface area contributed by atoms with Crippen molar-refractivity contribution in [1.29, 1.82) is 0 Å². The van der Waals surface area contributed by atoms with Gasteiger partial charge in [-0.15, -0.1) is 0 Å². The molecule has 0 saturated heterocycles. The van der Waals surface area contributed by atoms with E-state index in [0.29, 0.717) is 23.3 Å². The zero-order chi connectivity index (χ0) is 15.8. The lowest BCUT2D eigenvalue weighted by Gasteiger charge is -2.13. The van der Waals surface area contributed by atoms with Crippen LogP contribution >= 0.6 is 0 Å². The molecule has 1 aromatic carbocycles. The highest BCUT2D eigenvalue weighted by molar-refractivity contribution is 5.87. The number of aromatic nitrogens is 4. The Morgan fingerprint density at radius 1 is 1.17 bits per heavy atom. The van der Waals surface area contributed by atoms with Crippen LogP contribution in [-0.2, 0) is 0 Å². The van der Waals surface area contributed by atoms with E-state index in [9.17, 15) is 0 Å². The first-order valence-electron chi connectivity index (χ1n) is 7.50. The van der Waals surface area contributed by atoms with Crippen molar-refractivity contribution >= 4 is 6.21 Å². The second-order valence-corrected chi connectivity index (χ2v) is 5.82. The van der Waals surface area contributed by atoms with E-state index >= 15 is 0 Å². The molecule has 6 heteroatoms. The molecule has 0 amide bonds. The zero-order valence-electron chi connectivity index (χ0n) is 12.8. The molecule has 1 aliphatic rings. The Morgan fingerprint density at radius 2 is 2.09 bits per heavy atom. The zero-order valence-corrected chi connectivity index (χ0v) is 12.8. The molecular formula is C17H15N5O. The van der Waals surface area contributed by atoms with E-state index in [1.54, 1.807) is 18.6 Å². The van der Waals surface area contributed by atoms with Gasteiger partial charge in [0.25, 0.3) is 5.89 Å². The first-order chi connectivity index (χ1) is 11.2. The summed E-state index contributed by atoms with van der Waals surface area (Å²) in [7, 11) is 0. The lowest BCUT2D eigenvalue weighted by atomic mass is 9.94. The molecule has 0 saturated carbocycles. The summed E-state index contributed by atoms with van der Waals surface area (Å²) in [5, 5.41) is 4.04. The third-order valence-corrected chi connectivity index (χ3v) is 3.88. The number of rotatable bonds is 3. The third-order valence-electron chi connectivity index (χ3n) is 3.88. The lowest BCUT2D eigenvalue weighted by Crippen LogP contribution is -2.01. The number of nitrogens with zero attached hydrogens (tertiary/aromatic N) is 5. The van der Waals surface area contributed by atoms with Gasteiger partial charge in [0.05, 0.1) is 12.2 Å². The molecular weight excluding hydrogens is 290 g/mol. The molecule has 0 aliphatic carbocycles. The van der Waals surface area contributed by atoms with E-state index in [0.717, 1.165) is 11.1 Å². The first-order valence-corrected chi connectivity index (χ1v) is 7.50. The minimum Gasteiger partial charge on any atom is -0.332 e. The molecule has 1 unspecified atom stereocenters. The summed E-state index contributed by atoms with van der Waals surface area (Å²) in [4.78, 5) is 17.2. The minimum atomic E-state index is 0.236. The van der Waals surface area contributed by atoms with Gasteiger partial charge in [-0.3, -0.25) is 9.98 Å². The number of hydrogen-bond acceptors (Lipinski definition) is 6. The molecule has 4 rings (SSSR count). The quantitative estimate of drug-likeness (QED) is 0.741. The van der Waals surface area contributed by atoms with Gasteiger partial charge in [0.1, 0.15) is 5.69 Å². The summed E-state index contributed by atoms with van der Waals surface area (Å²) in [5.41, 5.74) is 3.83. The van der Waals surface area contributed by atoms with Crippen molar-refractivity contribution in [1.82, 2.24) is 20.1 Å². The van der Waals surface area contributed by atoms with E-state index in [1.165, 1.54) is 5.56 Å². The molecule has 0 fully saturated rings. The van der Waals surface area contributed by atoms with Crippen molar-refractivity contribution in [2.24, 2.45) is 10.9 Å². The van der Waals surface area contributed by atoms with Gasteiger partial charge in [-0.2, -0.15) is 4.98 Å². The van der Waals surface area contributed by atoms with Gasteiger partial charge in [0.2, 0.25) is 5.82 Å². The normalized spacial score (nSPS) is 16.0. The summed E-state index contributed by atoms with van der Waals surface area (Å²) in [6, 6.07) is 6.39. The Kier molecular flexibility index (Phi) is 3.22. The fourth-order valence-electron chi connectivity index (χ4n) is 2.72. The van der Waals surface area contributed by atoms with Crippen LogP contribution in [0.15, 0.2) is 46.3 Å². The predicted molar refractivity (Wildman–Crippen MR) is 85.9 cm³/mol. The lowest BCUT2D eigenvalue weighted by molar-refractivity contribution is 0.431. The average molecular weight is 305 g/mol. The van der Waals surface area contributed by atoms with Gasteiger partial charge in [0.15, 0.2) is 0 Å². The van der Waals surface area contributed by atoms with Crippen molar-refractivity contribution < 1.29 is 4.52 Å². The van der Waals surface area contributed by atoms with Crippen LogP contribution in [0.25, 0.3) is 23.0 Å². The summed E-state index contributed by atoms with van der Waals surface area (Å²) in [6.45, 7) is 4.36. The fraction of sp³-hybridized carbons (Fsp3) is 0.235. The van der Waals surface area contributed by atoms with E-state index in [2.05, 4.69) is 45.0 Å². The van der Waals surface area contributed by atoms with Crippen molar-refractivity contribution in [3.05, 3.63) is 47.9 Å². The monoisotopic (exact) mass is 305 g/mol. The molecule has 3 aromatic rings. The third kappa shape index (κ3) is 2.42. The highest BCUT2D eigenvalue weighted by Crippen LogP contribution is 2.34. The van der Waals surface area contributed by atoms with Crippen LogP contribution in [0.2, 0.25) is 0 Å². The number of fused-ring (bicyclic) bond motifs is 1. The van der Waals surface area contributed by atoms with Crippen molar-refractivity contribution in [3.8, 4) is 23.0 Å². The van der Waals surface area contributed by atoms with Crippen LogP contribution < -0.4 is 0 Å². The van der Waals surface area contributed by atoms with Crippen molar-refractivity contribution in [2.45, 2.75) is 19.9 Å². The standard InChI is InChI=1S/C17H15N5O/c1-10(2)15-13-4-3-11(7-12(13)8-20-15)16-21-17(23-22-16)14-9-18-5-6-19-14/h3-10,15H,1-2H3. The Bertz CT molecular complexity index is 870. The molecule has 23 heavy (non-hydrogen) atoms. The van der Waals surface area contributed by atoms with E-state index in [-0.39, 0.29) is 6.04 Å². The highest BCUT2D eigenvalue weighted by atomic mass is 16.5. The smallest absolute Gasteiger partial charge is 0.278 e. The molecule has 0 N–H and O–H groups in total. The molecule has 3 heterocycles. The largest absolute Gasteiger partial charge is 0.332 e. The maximum atomic E-state index is 5.29. The van der Waals surface area contributed by atoms with Gasteiger partial charge in [-0.25, -0.2) is 4.98 Å². The molecule has 1 aliphatic heterocycles. The van der Waals surface area contributed by atoms with Gasteiger partial charge < -0.3 is 4.52 Å². The van der Waals surface area contributed by atoms with Gasteiger partial charge >= 0.3 is 0 Å². The first kappa shape index (κ1) is 13.8. The highest BCUT2D eigenvalue weighted by Gasteiger charge is 2.22. The number of benzene rings is 1. The maximum Gasteiger partial charge on any atom is 0.278 e. The molecule has 6 nitrogen and oxygen atoms in total. The van der Waals surface area contributed by atoms with Crippen LogP contribution in [0.1, 0.15) is 31.0 Å². The van der Waals surface area contributed by atoms with Crippen LogP contribution in [0, 0.1) is 5.92 Å². The topological polar surface area (TPSA) is 77.1 Å². The molecule has 114 valence electrons. The van der Waals surface area contributed by atoms with Gasteiger partial charge in [-0.05, 0) is 23.1 Å². The molecule has 2 aromatic heterocycles. The number of hydrogen-bond donors (Lipinski definition) is 0. The summed E-state index contributed by atoms with van der Waals surface area (Å²) in [6.07, 6.45) is 6.72. The Hall–Kier alpha value is -2.89. The Balaban J connectivity index is 1.68. The molecule has 0 spiro atoms. The van der Waals surface area contributed by atoms with Crippen LogP contribution in [0.4, 0.5) is 0 Å². The van der Waals surface area contributed by atoms with E-state index in [1.807, 2.05) is 18.3 Å². The summed E-state index contributed by atoms with van der Waals surface area (Å²) < 4.78 is 5.29. The van der Waals surface area contributed by atoms with Crippen LogP contribution in [0.5, 0.6) is 0 Å². The van der Waals surface area contributed by atoms with Crippen LogP contribution in [-0.4, -0.2) is 26.3 Å². The van der Waals surface area contributed by atoms with Crippen molar-refractivity contribution in [2.75, 3.05) is 0 Å². The maximum absolute atomic E-state index is 5.29. The Labute approximate surface area is 133 Å². The molecule has 1 atom stereocenters. The molecule has 0 radical (unpaired) electrons. The molecule has 0 bridgehead atoms. The van der Waals surface area contributed by atoms with Gasteiger partial charge in [-0.1, -0.05) is 31.1 Å². The van der Waals surface area contributed by atoms with Crippen LogP contribution in [0.3, 0.4) is 0 Å². The second-order valence-electron chi connectivity index (χ2n) is 5.82. The predicted octanol–water partition coefficient (Wildman–Crippen LogP) is 3.32. The fourth-order valence-corrected chi connectivity index (χ4v) is 2.72. The minimum absolute atomic E-state index is 0.236. The Morgan fingerprint density at radius 3 is 2.87 bits per heavy atom. The van der Waals surface area contributed by atoms with Crippen molar-refractivity contribution in [3.63, 3.8) is 0 Å². The second kappa shape index (κ2) is 5.39. The van der Waals surface area contributed by atoms with Gasteiger partial charge in [0, 0.05) is 24.2 Å². The SMILES string of the molecule is CC(C)C1N=Cc2cc(-c3noc(-c4cnccn4)n3)ccc21. The summed E-state index contributed by atoms with van der Waals surface area (Å²) in [5.74, 6) is 1.38. The summed E-state index contributed by atoms with van der Waals surface area (Å²) >= 11 is 0.